The Balaban J connectivity index is 1.28. The number of methoxy groups -OCH3 is 1. The molecule has 0 spiro atoms. The van der Waals surface area contributed by atoms with Crippen LogP contribution < -0.4 is 20.3 Å². The van der Waals surface area contributed by atoms with Crippen molar-refractivity contribution in [2.45, 2.75) is 0 Å². The van der Waals surface area contributed by atoms with Crippen molar-refractivity contribution in [3.05, 3.63) is 76.3 Å². The third-order valence-corrected chi connectivity index (χ3v) is 6.20. The fraction of sp³-hybridized carbons (Fsp3) is 0.192. The van der Waals surface area contributed by atoms with E-state index in [0.717, 1.165) is 5.56 Å². The molecule has 1 fully saturated rings. The lowest BCUT2D eigenvalue weighted by atomic mass is 10.1. The Kier molecular flexibility index (Phi) is 7.15. The number of amides is 1. The van der Waals surface area contributed by atoms with E-state index in [4.69, 9.17) is 26.1 Å². The van der Waals surface area contributed by atoms with Gasteiger partial charge in [-0.25, -0.2) is 4.98 Å². The van der Waals surface area contributed by atoms with E-state index in [1.807, 2.05) is 17.0 Å². The van der Waals surface area contributed by atoms with Crippen molar-refractivity contribution in [2.24, 2.45) is 0 Å². The summed E-state index contributed by atoms with van der Waals surface area (Å²) in [5.74, 6) is 0.595. The molecule has 5 rings (SSSR count). The van der Waals surface area contributed by atoms with Crippen molar-refractivity contribution in [1.82, 2.24) is 10.3 Å². The molecule has 2 heterocycles. The Morgan fingerprint density at radius 3 is 2.58 bits per heavy atom. The number of aromatic nitrogens is 1. The van der Waals surface area contributed by atoms with E-state index in [2.05, 4.69) is 15.6 Å². The first kappa shape index (κ1) is 25.1. The van der Waals surface area contributed by atoms with Gasteiger partial charge >= 0.3 is 0 Å². The Bertz CT molecular complexity index is 1510. The third kappa shape index (κ3) is 5.41. The van der Waals surface area contributed by atoms with Crippen LogP contribution in [0.4, 0.5) is 17.1 Å². The lowest BCUT2D eigenvalue weighted by Crippen LogP contribution is -2.39. The molecule has 0 aliphatic carbocycles. The highest BCUT2D eigenvalue weighted by Gasteiger charge is 2.22. The Hall–Kier alpha value is -4.55. The number of nitro groups is 1. The smallest absolute Gasteiger partial charge is 0.270 e. The van der Waals surface area contributed by atoms with Crippen molar-refractivity contribution in [3.63, 3.8) is 0 Å². The minimum atomic E-state index is -0.550. The van der Waals surface area contributed by atoms with Crippen LogP contribution in [-0.2, 0) is 4.74 Å². The maximum absolute atomic E-state index is 13.1. The van der Waals surface area contributed by atoms with Crippen LogP contribution in [0.15, 0.2) is 65.1 Å². The van der Waals surface area contributed by atoms with Gasteiger partial charge in [0.1, 0.15) is 11.3 Å². The number of rotatable bonds is 6. The topological polar surface area (TPSA) is 132 Å². The van der Waals surface area contributed by atoms with Crippen LogP contribution in [-0.4, -0.2) is 54.3 Å². The molecule has 1 amide bonds. The van der Waals surface area contributed by atoms with Crippen LogP contribution >= 0.6 is 12.2 Å². The van der Waals surface area contributed by atoms with Gasteiger partial charge in [-0.15, -0.1) is 0 Å². The molecule has 38 heavy (non-hydrogen) atoms. The van der Waals surface area contributed by atoms with E-state index >= 15 is 0 Å². The molecule has 1 saturated heterocycles. The van der Waals surface area contributed by atoms with Crippen molar-refractivity contribution < 1.29 is 23.6 Å². The number of ether oxygens (including phenoxy) is 2. The van der Waals surface area contributed by atoms with Crippen LogP contribution in [0.2, 0.25) is 0 Å². The number of benzene rings is 3. The number of non-ortho nitro benzene ring substituents is 1. The van der Waals surface area contributed by atoms with Gasteiger partial charge in [0.15, 0.2) is 10.7 Å². The van der Waals surface area contributed by atoms with Gasteiger partial charge in [0.05, 0.1) is 36.5 Å². The summed E-state index contributed by atoms with van der Waals surface area (Å²) in [6.45, 7) is 2.15. The molecular weight excluding hydrogens is 510 g/mol. The van der Waals surface area contributed by atoms with Crippen LogP contribution in [0.25, 0.3) is 22.6 Å². The highest BCUT2D eigenvalue weighted by Crippen LogP contribution is 2.28. The summed E-state index contributed by atoms with van der Waals surface area (Å²) in [6, 6.07) is 16.8. The van der Waals surface area contributed by atoms with Crippen molar-refractivity contribution in [3.8, 4) is 17.2 Å². The number of hydrogen-bond donors (Lipinski definition) is 2. The first-order chi connectivity index (χ1) is 18.4. The monoisotopic (exact) mass is 533 g/mol. The molecule has 0 radical (unpaired) electrons. The van der Waals surface area contributed by atoms with Crippen LogP contribution in [0.3, 0.4) is 0 Å². The molecule has 2 N–H and O–H groups in total. The number of carbonyl (C=O) groups excluding carboxylic acids is 1. The Morgan fingerprint density at radius 1 is 1.11 bits per heavy atom. The number of hydrogen-bond acceptors (Lipinski definition) is 9. The number of thiocarbonyl (C=S) groups is 1. The number of fused-ring (bicyclic) bond motifs is 1. The van der Waals surface area contributed by atoms with Crippen molar-refractivity contribution in [1.29, 1.82) is 0 Å². The molecule has 0 saturated carbocycles. The first-order valence-electron chi connectivity index (χ1n) is 11.7. The van der Waals surface area contributed by atoms with Gasteiger partial charge < -0.3 is 24.1 Å². The molecule has 12 heteroatoms. The van der Waals surface area contributed by atoms with Gasteiger partial charge in [-0.3, -0.25) is 20.2 Å². The zero-order valence-corrected chi connectivity index (χ0v) is 21.1. The SMILES string of the molecule is COc1ccc2oc(-c3ccc(NC(=S)NC(=O)c4cc([N+](=O)[O-])ccc4N4CCOCC4)cc3)nc2c1. The normalized spacial score (nSPS) is 13.2. The molecule has 4 aromatic rings. The van der Waals surface area contributed by atoms with Crippen LogP contribution in [0.5, 0.6) is 5.75 Å². The minimum Gasteiger partial charge on any atom is -0.497 e. The molecule has 1 aliphatic rings. The molecule has 0 atom stereocenters. The second kappa shape index (κ2) is 10.8. The molecular formula is C26H23N5O6S. The summed E-state index contributed by atoms with van der Waals surface area (Å²) in [7, 11) is 1.59. The lowest BCUT2D eigenvalue weighted by Gasteiger charge is -2.30. The van der Waals surface area contributed by atoms with Crippen LogP contribution in [0.1, 0.15) is 10.4 Å². The van der Waals surface area contributed by atoms with E-state index in [9.17, 15) is 14.9 Å². The highest BCUT2D eigenvalue weighted by atomic mass is 32.1. The third-order valence-electron chi connectivity index (χ3n) is 6.00. The number of anilines is 2. The number of nitrogens with one attached hydrogen (secondary N) is 2. The van der Waals surface area contributed by atoms with Gasteiger partial charge in [-0.05, 0) is 54.7 Å². The summed E-state index contributed by atoms with van der Waals surface area (Å²) >= 11 is 5.34. The maximum atomic E-state index is 13.1. The molecule has 0 bridgehead atoms. The van der Waals surface area contributed by atoms with E-state index in [1.54, 1.807) is 43.5 Å². The zero-order chi connectivity index (χ0) is 26.6. The summed E-state index contributed by atoms with van der Waals surface area (Å²) < 4.78 is 16.4. The number of oxazole rings is 1. The summed E-state index contributed by atoms with van der Waals surface area (Å²) in [5, 5.41) is 17.0. The lowest BCUT2D eigenvalue weighted by molar-refractivity contribution is -0.384. The van der Waals surface area contributed by atoms with E-state index in [1.165, 1.54) is 12.1 Å². The van der Waals surface area contributed by atoms with Crippen LogP contribution in [0, 0.1) is 10.1 Å². The van der Waals surface area contributed by atoms with E-state index in [-0.39, 0.29) is 16.4 Å². The van der Waals surface area contributed by atoms with Crippen molar-refractivity contribution in [2.75, 3.05) is 43.6 Å². The second-order valence-electron chi connectivity index (χ2n) is 8.40. The number of morpholine rings is 1. The van der Waals surface area contributed by atoms with Gasteiger partial charge in [-0.1, -0.05) is 0 Å². The summed E-state index contributed by atoms with van der Waals surface area (Å²) in [6.07, 6.45) is 0. The molecule has 194 valence electrons. The molecule has 3 aromatic carbocycles. The van der Waals surface area contributed by atoms with E-state index in [0.29, 0.717) is 60.4 Å². The summed E-state index contributed by atoms with van der Waals surface area (Å²) in [5.41, 5.74) is 3.27. The fourth-order valence-corrected chi connectivity index (χ4v) is 4.30. The average molecular weight is 534 g/mol. The fourth-order valence-electron chi connectivity index (χ4n) is 4.09. The predicted molar refractivity (Wildman–Crippen MR) is 146 cm³/mol. The number of nitrogens with zero attached hydrogens (tertiary/aromatic N) is 3. The van der Waals surface area contributed by atoms with Gasteiger partial charge in [0.25, 0.3) is 11.6 Å². The van der Waals surface area contributed by atoms with Gasteiger partial charge in [0.2, 0.25) is 5.89 Å². The zero-order valence-electron chi connectivity index (χ0n) is 20.3. The van der Waals surface area contributed by atoms with E-state index < -0.39 is 10.8 Å². The maximum Gasteiger partial charge on any atom is 0.270 e. The molecule has 11 nitrogen and oxygen atoms in total. The predicted octanol–water partition coefficient (Wildman–Crippen LogP) is 4.38. The Morgan fingerprint density at radius 2 is 1.87 bits per heavy atom. The largest absolute Gasteiger partial charge is 0.497 e. The molecule has 0 unspecified atom stereocenters. The number of carbonyl (C=O) groups is 1. The average Bonchev–Trinajstić information content (AvgIpc) is 3.37. The minimum absolute atomic E-state index is 0.0520. The molecule has 1 aliphatic heterocycles. The van der Waals surface area contributed by atoms with Gasteiger partial charge in [-0.2, -0.15) is 0 Å². The quantitative estimate of drug-likeness (QED) is 0.209. The Labute approximate surface area is 222 Å². The highest BCUT2D eigenvalue weighted by molar-refractivity contribution is 7.80. The second-order valence-corrected chi connectivity index (χ2v) is 8.80. The standard InChI is InChI=1S/C26H23N5O6S/c1-35-19-7-9-23-21(15-19)28-25(37-23)16-2-4-17(5-3-16)27-26(38)29-24(32)20-14-18(31(33)34)6-8-22(20)30-10-12-36-13-11-30/h2-9,14-15H,10-13H2,1H3,(H2,27,29,32,38). The van der Waals surface area contributed by atoms with Gasteiger partial charge in [0, 0.05) is 42.5 Å². The molecule has 1 aromatic heterocycles. The first-order valence-corrected chi connectivity index (χ1v) is 12.1. The summed E-state index contributed by atoms with van der Waals surface area (Å²) in [4.78, 5) is 30.4. The number of nitro benzene ring substituents is 1. The van der Waals surface area contributed by atoms with Crippen molar-refractivity contribution >= 4 is 51.4 Å².